The summed E-state index contributed by atoms with van der Waals surface area (Å²) < 4.78 is 1.34. The van der Waals surface area contributed by atoms with Gasteiger partial charge in [-0.2, -0.15) is 9.78 Å². The van der Waals surface area contributed by atoms with Crippen LogP contribution in [0.25, 0.3) is 10.9 Å². The summed E-state index contributed by atoms with van der Waals surface area (Å²) in [6.07, 6.45) is 3.81. The van der Waals surface area contributed by atoms with Crippen LogP contribution in [0.1, 0.15) is 24.2 Å². The number of fused-ring (bicyclic) bond motifs is 1. The van der Waals surface area contributed by atoms with Gasteiger partial charge in [0.2, 0.25) is 0 Å². The maximum atomic E-state index is 13.0. The summed E-state index contributed by atoms with van der Waals surface area (Å²) in [6.45, 7) is 2.52. The van der Waals surface area contributed by atoms with Crippen LogP contribution in [-0.4, -0.2) is 38.8 Å². The van der Waals surface area contributed by atoms with E-state index >= 15 is 0 Å². The van der Waals surface area contributed by atoms with Crippen LogP contribution in [0.4, 0.5) is 5.69 Å². The fourth-order valence-electron chi connectivity index (χ4n) is 3.34. The lowest BCUT2D eigenvalue weighted by molar-refractivity contribution is -0.384. The SMILES string of the molecule is O=c1c2ccccc2nc(CN2CCCC2)n1N=Cc1ccc([N+](=O)[O-])cc1. The fraction of sp³-hybridized carbons (Fsp3) is 0.250. The summed E-state index contributed by atoms with van der Waals surface area (Å²) in [7, 11) is 0. The first-order valence-corrected chi connectivity index (χ1v) is 9.14. The van der Waals surface area contributed by atoms with Crippen molar-refractivity contribution >= 4 is 22.8 Å². The average molecular weight is 377 g/mol. The minimum absolute atomic E-state index is 0.0106. The second-order valence-electron chi connectivity index (χ2n) is 6.74. The van der Waals surface area contributed by atoms with E-state index in [0.717, 1.165) is 25.9 Å². The Kier molecular flexibility index (Phi) is 4.94. The molecule has 1 aliphatic rings. The Morgan fingerprint density at radius 1 is 1.11 bits per heavy atom. The van der Waals surface area contributed by atoms with Crippen LogP contribution in [0.3, 0.4) is 0 Å². The summed E-state index contributed by atoms with van der Waals surface area (Å²) in [5, 5.41) is 15.7. The van der Waals surface area contributed by atoms with Gasteiger partial charge in [0, 0.05) is 12.1 Å². The molecule has 0 aliphatic carbocycles. The molecule has 1 aliphatic heterocycles. The Bertz CT molecular complexity index is 1100. The van der Waals surface area contributed by atoms with E-state index in [4.69, 9.17) is 0 Å². The number of non-ortho nitro benzene ring substituents is 1. The van der Waals surface area contributed by atoms with Gasteiger partial charge in [-0.25, -0.2) is 4.98 Å². The van der Waals surface area contributed by atoms with Gasteiger partial charge < -0.3 is 0 Å². The van der Waals surface area contributed by atoms with Crippen LogP contribution in [0.2, 0.25) is 0 Å². The van der Waals surface area contributed by atoms with Crippen molar-refractivity contribution in [2.75, 3.05) is 13.1 Å². The van der Waals surface area contributed by atoms with Crippen molar-refractivity contribution in [3.05, 3.63) is 80.4 Å². The highest BCUT2D eigenvalue weighted by molar-refractivity contribution is 5.80. The average Bonchev–Trinajstić information content (AvgIpc) is 3.21. The lowest BCUT2D eigenvalue weighted by Crippen LogP contribution is -2.28. The van der Waals surface area contributed by atoms with E-state index in [1.54, 1.807) is 24.3 Å². The third kappa shape index (κ3) is 3.67. The molecule has 0 unspecified atom stereocenters. The van der Waals surface area contributed by atoms with Crippen molar-refractivity contribution in [3.8, 4) is 0 Å². The number of rotatable bonds is 5. The highest BCUT2D eigenvalue weighted by Crippen LogP contribution is 2.14. The van der Waals surface area contributed by atoms with Crippen molar-refractivity contribution in [3.63, 3.8) is 0 Å². The van der Waals surface area contributed by atoms with Gasteiger partial charge >= 0.3 is 0 Å². The number of hydrogen-bond acceptors (Lipinski definition) is 6. The molecule has 1 saturated heterocycles. The van der Waals surface area contributed by atoms with Crippen molar-refractivity contribution < 1.29 is 4.92 Å². The monoisotopic (exact) mass is 377 g/mol. The summed E-state index contributed by atoms with van der Waals surface area (Å²) in [6, 6.07) is 13.2. The molecular weight excluding hydrogens is 358 g/mol. The predicted octanol–water partition coefficient (Wildman–Crippen LogP) is 2.78. The molecule has 8 heteroatoms. The zero-order valence-corrected chi connectivity index (χ0v) is 15.2. The normalized spacial score (nSPS) is 14.9. The van der Waals surface area contributed by atoms with Crippen LogP contribution >= 0.6 is 0 Å². The highest BCUT2D eigenvalue weighted by atomic mass is 16.6. The summed E-state index contributed by atoms with van der Waals surface area (Å²) in [4.78, 5) is 30.2. The third-order valence-corrected chi connectivity index (χ3v) is 4.81. The van der Waals surface area contributed by atoms with Gasteiger partial charge in [-0.15, -0.1) is 0 Å². The number of para-hydroxylation sites is 1. The number of nitrogens with zero attached hydrogens (tertiary/aromatic N) is 5. The van der Waals surface area contributed by atoms with Gasteiger partial charge in [0.05, 0.1) is 28.6 Å². The molecule has 0 N–H and O–H groups in total. The van der Waals surface area contributed by atoms with Gasteiger partial charge in [-0.05, 0) is 55.8 Å². The van der Waals surface area contributed by atoms with Crippen LogP contribution in [0, 0.1) is 10.1 Å². The second kappa shape index (κ2) is 7.69. The van der Waals surface area contributed by atoms with Gasteiger partial charge in [0.25, 0.3) is 11.2 Å². The molecule has 4 rings (SSSR count). The topological polar surface area (TPSA) is 93.6 Å². The molecular formula is C20H19N5O3. The quantitative estimate of drug-likeness (QED) is 0.387. The first kappa shape index (κ1) is 18.0. The van der Waals surface area contributed by atoms with E-state index in [9.17, 15) is 14.9 Å². The molecule has 0 saturated carbocycles. The molecule has 8 nitrogen and oxygen atoms in total. The molecule has 0 amide bonds. The van der Waals surface area contributed by atoms with Crippen LogP contribution in [0.5, 0.6) is 0 Å². The van der Waals surface area contributed by atoms with Crippen molar-refractivity contribution in [2.45, 2.75) is 19.4 Å². The van der Waals surface area contributed by atoms with E-state index in [1.165, 1.54) is 23.0 Å². The molecule has 0 bridgehead atoms. The van der Waals surface area contributed by atoms with E-state index in [2.05, 4.69) is 15.0 Å². The first-order valence-electron chi connectivity index (χ1n) is 9.14. The predicted molar refractivity (Wildman–Crippen MR) is 107 cm³/mol. The van der Waals surface area contributed by atoms with Crippen LogP contribution in [0.15, 0.2) is 58.4 Å². The van der Waals surface area contributed by atoms with Gasteiger partial charge in [-0.1, -0.05) is 12.1 Å². The molecule has 3 aromatic rings. The number of likely N-dealkylation sites (tertiary alicyclic amines) is 1. The Balaban J connectivity index is 1.73. The van der Waals surface area contributed by atoms with E-state index < -0.39 is 4.92 Å². The Labute approximate surface area is 160 Å². The fourth-order valence-corrected chi connectivity index (χ4v) is 3.34. The molecule has 1 aromatic heterocycles. The van der Waals surface area contributed by atoms with Crippen molar-refractivity contribution in [2.24, 2.45) is 5.10 Å². The van der Waals surface area contributed by atoms with Crippen LogP contribution < -0.4 is 5.56 Å². The molecule has 0 atom stereocenters. The van der Waals surface area contributed by atoms with E-state index in [1.807, 2.05) is 12.1 Å². The number of benzene rings is 2. The van der Waals surface area contributed by atoms with Gasteiger partial charge in [0.1, 0.15) is 5.82 Å². The number of hydrogen-bond donors (Lipinski definition) is 0. The molecule has 1 fully saturated rings. The standard InChI is InChI=1S/C20H19N5O3/c26-20-17-5-1-2-6-18(17)22-19(14-23-11-3-4-12-23)24(20)21-13-15-7-9-16(10-8-15)25(27)28/h1-2,5-10,13H,3-4,11-12,14H2. The summed E-state index contributed by atoms with van der Waals surface area (Å²) in [5.74, 6) is 0.587. The molecule has 28 heavy (non-hydrogen) atoms. The summed E-state index contributed by atoms with van der Waals surface area (Å²) >= 11 is 0. The van der Waals surface area contributed by atoms with Crippen molar-refractivity contribution in [1.29, 1.82) is 0 Å². The molecule has 142 valence electrons. The Morgan fingerprint density at radius 2 is 1.82 bits per heavy atom. The molecule has 2 heterocycles. The Hall–Kier alpha value is -3.39. The molecule has 2 aromatic carbocycles. The van der Waals surface area contributed by atoms with E-state index in [-0.39, 0.29) is 11.2 Å². The second-order valence-corrected chi connectivity index (χ2v) is 6.74. The van der Waals surface area contributed by atoms with Gasteiger partial charge in [-0.3, -0.25) is 19.8 Å². The minimum Gasteiger partial charge on any atom is -0.296 e. The largest absolute Gasteiger partial charge is 0.296 e. The number of aromatic nitrogens is 2. The van der Waals surface area contributed by atoms with E-state index in [0.29, 0.717) is 28.8 Å². The maximum Gasteiger partial charge on any atom is 0.282 e. The van der Waals surface area contributed by atoms with Gasteiger partial charge in [0.15, 0.2) is 0 Å². The smallest absolute Gasteiger partial charge is 0.282 e. The highest BCUT2D eigenvalue weighted by Gasteiger charge is 2.17. The third-order valence-electron chi connectivity index (χ3n) is 4.81. The zero-order chi connectivity index (χ0) is 19.5. The number of nitro groups is 1. The summed E-state index contributed by atoms with van der Waals surface area (Å²) in [5.41, 5.74) is 1.11. The maximum absolute atomic E-state index is 13.0. The molecule has 0 radical (unpaired) electrons. The Morgan fingerprint density at radius 3 is 2.54 bits per heavy atom. The first-order chi connectivity index (χ1) is 13.6. The lowest BCUT2D eigenvalue weighted by Gasteiger charge is -2.16. The lowest BCUT2D eigenvalue weighted by atomic mass is 10.2. The zero-order valence-electron chi connectivity index (χ0n) is 15.2. The molecule has 0 spiro atoms. The number of nitro benzene ring substituents is 1. The van der Waals surface area contributed by atoms with Crippen molar-refractivity contribution in [1.82, 2.24) is 14.6 Å². The van der Waals surface area contributed by atoms with Crippen LogP contribution in [-0.2, 0) is 6.54 Å². The minimum atomic E-state index is -0.452.